The van der Waals surface area contributed by atoms with Gasteiger partial charge in [-0.1, -0.05) is 11.6 Å². The van der Waals surface area contributed by atoms with E-state index < -0.39 is 0 Å². The zero-order valence-electron chi connectivity index (χ0n) is 13.4. The molecule has 1 aromatic heterocycles. The first-order valence-corrected chi connectivity index (χ1v) is 8.99. The Hall–Kier alpha value is -2.38. The van der Waals surface area contributed by atoms with E-state index in [1.54, 1.807) is 11.7 Å². The van der Waals surface area contributed by atoms with E-state index in [-0.39, 0.29) is 17.1 Å². The Morgan fingerprint density at radius 2 is 2.20 bits per heavy atom. The summed E-state index contributed by atoms with van der Waals surface area (Å²) in [6, 6.07) is 9.35. The summed E-state index contributed by atoms with van der Waals surface area (Å²) in [6.07, 6.45) is 3.16. The first-order chi connectivity index (χ1) is 12.2. The molecule has 0 fully saturated rings. The van der Waals surface area contributed by atoms with Gasteiger partial charge in [0.25, 0.3) is 11.8 Å². The van der Waals surface area contributed by atoms with Gasteiger partial charge in [-0.05, 0) is 37.1 Å². The van der Waals surface area contributed by atoms with Crippen LogP contribution in [0.2, 0.25) is 0 Å². The molecule has 0 radical (unpaired) electrons. The molecule has 2 aliphatic heterocycles. The molecule has 2 N–H and O–H groups in total. The van der Waals surface area contributed by atoms with Gasteiger partial charge in [-0.25, -0.2) is 5.48 Å². The van der Waals surface area contributed by atoms with Crippen LogP contribution in [0.4, 0.5) is 0 Å². The third-order valence-corrected chi connectivity index (χ3v) is 6.04. The van der Waals surface area contributed by atoms with E-state index in [2.05, 4.69) is 4.98 Å². The highest BCUT2D eigenvalue weighted by Crippen LogP contribution is 2.42. The van der Waals surface area contributed by atoms with Crippen LogP contribution in [0.15, 0.2) is 47.0 Å². The van der Waals surface area contributed by atoms with Crippen molar-refractivity contribution in [3.05, 3.63) is 52.6 Å². The number of aromatic nitrogens is 1. The van der Waals surface area contributed by atoms with Crippen LogP contribution in [0.25, 0.3) is 10.9 Å². The second-order valence-corrected chi connectivity index (χ2v) is 7.50. The molecule has 1 aromatic carbocycles. The van der Waals surface area contributed by atoms with E-state index in [9.17, 15) is 9.59 Å². The van der Waals surface area contributed by atoms with Gasteiger partial charge in [0.2, 0.25) is 0 Å². The van der Waals surface area contributed by atoms with Crippen LogP contribution < -0.4 is 5.48 Å². The molecule has 1 atom stereocenters. The average molecular weight is 355 g/mol. The summed E-state index contributed by atoms with van der Waals surface area (Å²) >= 11 is 1.45. The van der Waals surface area contributed by atoms with Gasteiger partial charge in [0.15, 0.2) is 0 Å². The number of hydrogen-bond donors (Lipinski definition) is 2. The molecule has 6 nitrogen and oxygen atoms in total. The molecule has 0 saturated carbocycles. The third-order valence-electron chi connectivity index (χ3n) is 4.67. The average Bonchev–Trinajstić information content (AvgIpc) is 3.09. The van der Waals surface area contributed by atoms with Crippen molar-refractivity contribution in [2.24, 2.45) is 0 Å². The Bertz CT molecular complexity index is 896. The number of benzene rings is 1. The van der Waals surface area contributed by atoms with Gasteiger partial charge in [-0.15, -0.1) is 11.8 Å². The molecule has 2 aromatic rings. The van der Waals surface area contributed by atoms with E-state index in [0.717, 1.165) is 22.2 Å². The fourth-order valence-electron chi connectivity index (χ4n) is 3.33. The van der Waals surface area contributed by atoms with Crippen LogP contribution in [0.3, 0.4) is 0 Å². The van der Waals surface area contributed by atoms with Crippen LogP contribution in [-0.4, -0.2) is 45.2 Å². The highest BCUT2D eigenvalue weighted by Gasteiger charge is 2.34. The van der Waals surface area contributed by atoms with Gasteiger partial charge >= 0.3 is 0 Å². The number of pyridine rings is 1. The lowest BCUT2D eigenvalue weighted by Crippen LogP contribution is -2.36. The quantitative estimate of drug-likeness (QED) is 0.638. The number of amides is 2. The number of hydroxylamine groups is 1. The van der Waals surface area contributed by atoms with Gasteiger partial charge in [0.1, 0.15) is 0 Å². The molecule has 7 heteroatoms. The first-order valence-electron chi connectivity index (χ1n) is 8.11. The predicted molar refractivity (Wildman–Crippen MR) is 95.2 cm³/mol. The van der Waals surface area contributed by atoms with E-state index in [0.29, 0.717) is 25.1 Å². The first kappa shape index (κ1) is 16.1. The van der Waals surface area contributed by atoms with Crippen molar-refractivity contribution in [2.75, 3.05) is 13.1 Å². The fraction of sp³-hybridized carbons (Fsp3) is 0.278. The van der Waals surface area contributed by atoms with Crippen LogP contribution in [0.5, 0.6) is 0 Å². The normalized spacial score (nSPS) is 19.9. The number of nitrogens with one attached hydrogen (secondary N) is 1. The Morgan fingerprint density at radius 3 is 3.04 bits per heavy atom. The van der Waals surface area contributed by atoms with Gasteiger partial charge in [0.05, 0.1) is 17.3 Å². The number of rotatable bonds is 2. The molecular formula is C18H17N3O3S. The SMILES string of the molecule is O=C(NO)C1CC2=C(CN(C(=O)c3ccc4ncccc4c3)CC2)S1. The van der Waals surface area contributed by atoms with Crippen molar-refractivity contribution >= 4 is 34.5 Å². The van der Waals surface area contributed by atoms with Crippen molar-refractivity contribution in [3.63, 3.8) is 0 Å². The minimum absolute atomic E-state index is 0.00652. The van der Waals surface area contributed by atoms with E-state index in [1.807, 2.05) is 35.2 Å². The molecule has 4 rings (SSSR count). The molecule has 0 saturated heterocycles. The summed E-state index contributed by atoms with van der Waals surface area (Å²) in [5.74, 6) is -0.382. The van der Waals surface area contributed by atoms with E-state index in [1.165, 1.54) is 17.3 Å². The molecule has 1 unspecified atom stereocenters. The summed E-state index contributed by atoms with van der Waals surface area (Å²) in [6.45, 7) is 1.18. The number of hydrogen-bond acceptors (Lipinski definition) is 5. The monoisotopic (exact) mass is 355 g/mol. The number of carbonyl (C=O) groups is 2. The van der Waals surface area contributed by atoms with Crippen molar-refractivity contribution in [1.29, 1.82) is 0 Å². The van der Waals surface area contributed by atoms with Crippen LogP contribution in [0.1, 0.15) is 23.2 Å². The largest absolute Gasteiger partial charge is 0.333 e. The topological polar surface area (TPSA) is 82.5 Å². The van der Waals surface area contributed by atoms with Gasteiger partial charge in [-0.3, -0.25) is 19.8 Å². The minimum atomic E-state index is -0.376. The Kier molecular flexibility index (Phi) is 4.19. The predicted octanol–water partition coefficient (Wildman–Crippen LogP) is 2.35. The maximum absolute atomic E-state index is 12.9. The second kappa shape index (κ2) is 6.50. The van der Waals surface area contributed by atoms with Gasteiger partial charge < -0.3 is 4.90 Å². The number of nitrogens with zero attached hydrogens (tertiary/aromatic N) is 2. The summed E-state index contributed by atoms with van der Waals surface area (Å²) in [4.78, 5) is 31.7. The van der Waals surface area contributed by atoms with Gasteiger partial charge in [0, 0.05) is 28.6 Å². The number of carbonyl (C=O) groups excluding carboxylic acids is 2. The van der Waals surface area contributed by atoms with Crippen molar-refractivity contribution in [2.45, 2.75) is 18.1 Å². The maximum Gasteiger partial charge on any atom is 0.257 e. The van der Waals surface area contributed by atoms with Crippen LogP contribution in [0, 0.1) is 0 Å². The van der Waals surface area contributed by atoms with E-state index in [4.69, 9.17) is 5.21 Å². The van der Waals surface area contributed by atoms with Gasteiger partial charge in [-0.2, -0.15) is 0 Å². The molecule has 2 amide bonds. The summed E-state index contributed by atoms with van der Waals surface area (Å²) in [5, 5.41) is 9.45. The van der Waals surface area contributed by atoms with E-state index >= 15 is 0 Å². The molecule has 3 heterocycles. The summed E-state index contributed by atoms with van der Waals surface area (Å²) < 4.78 is 0. The fourth-order valence-corrected chi connectivity index (χ4v) is 4.70. The Labute approximate surface area is 148 Å². The molecule has 25 heavy (non-hydrogen) atoms. The molecule has 0 bridgehead atoms. The highest BCUT2D eigenvalue weighted by molar-refractivity contribution is 8.04. The van der Waals surface area contributed by atoms with Crippen molar-refractivity contribution in [3.8, 4) is 0 Å². The maximum atomic E-state index is 12.9. The summed E-state index contributed by atoms with van der Waals surface area (Å²) in [5.41, 5.74) is 4.47. The lowest BCUT2D eigenvalue weighted by atomic mass is 10.0. The smallest absolute Gasteiger partial charge is 0.257 e. The highest BCUT2D eigenvalue weighted by atomic mass is 32.2. The van der Waals surface area contributed by atoms with Crippen molar-refractivity contribution in [1.82, 2.24) is 15.4 Å². The summed E-state index contributed by atoms with van der Waals surface area (Å²) in [7, 11) is 0. The Balaban J connectivity index is 1.51. The number of fused-ring (bicyclic) bond motifs is 1. The third kappa shape index (κ3) is 3.01. The molecular weight excluding hydrogens is 338 g/mol. The van der Waals surface area contributed by atoms with Crippen LogP contribution in [-0.2, 0) is 4.79 Å². The standard InChI is InChI=1S/C18H17N3O3S/c22-17(20-24)15-9-12-5-7-21(10-16(12)25-15)18(23)13-3-4-14-11(8-13)2-1-6-19-14/h1-4,6,8,15,24H,5,7,9-10H2,(H,20,22). The zero-order chi connectivity index (χ0) is 17.4. The number of thioether (sulfide) groups is 1. The van der Waals surface area contributed by atoms with Crippen molar-refractivity contribution < 1.29 is 14.8 Å². The lowest BCUT2D eigenvalue weighted by Gasteiger charge is -2.28. The van der Waals surface area contributed by atoms with Crippen LogP contribution >= 0.6 is 11.8 Å². The second-order valence-electron chi connectivity index (χ2n) is 6.20. The molecule has 2 aliphatic rings. The minimum Gasteiger partial charge on any atom is -0.333 e. The molecule has 0 aliphatic carbocycles. The lowest BCUT2D eigenvalue weighted by molar-refractivity contribution is -0.128. The Morgan fingerprint density at radius 1 is 1.32 bits per heavy atom. The zero-order valence-corrected chi connectivity index (χ0v) is 14.3. The molecule has 128 valence electrons. The molecule has 0 spiro atoms.